The average Bonchev–Trinajstić information content (AvgIpc) is 3.22. The number of aryl methyl sites for hydroxylation is 1. The molecule has 0 bridgehead atoms. The van der Waals surface area contributed by atoms with Crippen LogP contribution < -0.4 is 9.47 Å². The van der Waals surface area contributed by atoms with Gasteiger partial charge in [0.2, 0.25) is 17.3 Å². The lowest BCUT2D eigenvalue weighted by molar-refractivity contribution is -0.135. The predicted molar refractivity (Wildman–Crippen MR) is 127 cm³/mol. The molecule has 0 aromatic heterocycles. The van der Waals surface area contributed by atoms with Crippen LogP contribution in [0.3, 0.4) is 0 Å². The van der Waals surface area contributed by atoms with E-state index in [2.05, 4.69) is 12.1 Å². The first kappa shape index (κ1) is 22.4. The number of fused-ring (bicyclic) bond motifs is 1. The molecule has 3 atom stereocenters. The van der Waals surface area contributed by atoms with Crippen molar-refractivity contribution in [3.8, 4) is 11.5 Å². The predicted octanol–water partition coefficient (Wildman–Crippen LogP) is 3.89. The third-order valence-electron chi connectivity index (χ3n) is 7.24. The standard InChI is InChI=1S/C28H29NO5/c1-18-15-23(11-12-24(18)34-28(3)26(31)27(28,2)32)33-22-10-6-9-20(16-22)25(30)29-14-13-19-7-4-5-8-21(19)17-29/h4-8,10-12,15-16,20,32H,9,13-14,17H2,1-3H3. The first-order chi connectivity index (χ1) is 16.2. The lowest BCUT2D eigenvalue weighted by atomic mass is 9.95. The van der Waals surface area contributed by atoms with Gasteiger partial charge in [-0.3, -0.25) is 9.59 Å². The second-order valence-corrected chi connectivity index (χ2v) is 9.66. The van der Waals surface area contributed by atoms with Gasteiger partial charge in [-0.25, -0.2) is 0 Å². The molecule has 1 saturated carbocycles. The monoisotopic (exact) mass is 459 g/mol. The van der Waals surface area contributed by atoms with Crippen LogP contribution in [0.4, 0.5) is 0 Å². The van der Waals surface area contributed by atoms with Crippen molar-refractivity contribution >= 4 is 11.7 Å². The Kier molecular flexibility index (Phi) is 5.36. The number of hydrogen-bond acceptors (Lipinski definition) is 5. The Hall–Kier alpha value is -3.38. The zero-order chi connectivity index (χ0) is 24.1. The van der Waals surface area contributed by atoms with Gasteiger partial charge in [-0.05, 0) is 80.7 Å². The number of amides is 1. The first-order valence-electron chi connectivity index (χ1n) is 11.7. The number of aliphatic hydroxyl groups is 1. The lowest BCUT2D eigenvalue weighted by Crippen LogP contribution is -2.39. The van der Waals surface area contributed by atoms with Crippen LogP contribution in [-0.2, 0) is 22.6 Å². The van der Waals surface area contributed by atoms with E-state index in [0.717, 1.165) is 18.5 Å². The molecule has 6 nitrogen and oxygen atoms in total. The van der Waals surface area contributed by atoms with Gasteiger partial charge in [0.25, 0.3) is 0 Å². The fourth-order valence-corrected chi connectivity index (χ4v) is 4.72. The molecule has 6 heteroatoms. The minimum atomic E-state index is -1.47. The maximum Gasteiger partial charge on any atom is 0.230 e. The number of hydrogen-bond donors (Lipinski definition) is 1. The third-order valence-corrected chi connectivity index (χ3v) is 7.24. The van der Waals surface area contributed by atoms with E-state index >= 15 is 0 Å². The van der Waals surface area contributed by atoms with Crippen molar-refractivity contribution in [1.82, 2.24) is 4.90 Å². The lowest BCUT2D eigenvalue weighted by Gasteiger charge is -2.31. The number of benzene rings is 2. The van der Waals surface area contributed by atoms with Crippen molar-refractivity contribution in [3.63, 3.8) is 0 Å². The maximum atomic E-state index is 13.2. The van der Waals surface area contributed by atoms with Gasteiger partial charge in [0, 0.05) is 13.1 Å². The molecule has 176 valence electrons. The van der Waals surface area contributed by atoms with Crippen LogP contribution in [0.25, 0.3) is 0 Å². The molecule has 1 heterocycles. The summed E-state index contributed by atoms with van der Waals surface area (Å²) < 4.78 is 11.9. The number of carbonyl (C=O) groups excluding carboxylic acids is 2. The highest BCUT2D eigenvalue weighted by Crippen LogP contribution is 2.46. The smallest absolute Gasteiger partial charge is 0.230 e. The highest BCUT2D eigenvalue weighted by atomic mass is 16.5. The topological polar surface area (TPSA) is 76.1 Å². The molecule has 1 fully saturated rings. The van der Waals surface area contributed by atoms with E-state index < -0.39 is 11.2 Å². The Labute approximate surface area is 199 Å². The SMILES string of the molecule is Cc1cc(OC2=CC(C(=O)N3CCc4ccccc4C3)CC=C2)ccc1OC1(C)C(=O)C1(C)O. The molecule has 2 aromatic rings. The molecule has 3 aliphatic rings. The van der Waals surface area contributed by atoms with E-state index in [4.69, 9.17) is 9.47 Å². The molecule has 5 rings (SSSR count). The van der Waals surface area contributed by atoms with Crippen LogP contribution in [-0.4, -0.2) is 39.4 Å². The van der Waals surface area contributed by atoms with Gasteiger partial charge < -0.3 is 19.5 Å². The van der Waals surface area contributed by atoms with Gasteiger partial charge in [0.15, 0.2) is 5.60 Å². The van der Waals surface area contributed by atoms with E-state index in [1.165, 1.54) is 18.1 Å². The largest absolute Gasteiger partial charge is 0.476 e. The number of carbonyl (C=O) groups is 2. The second-order valence-electron chi connectivity index (χ2n) is 9.66. The number of rotatable bonds is 5. The molecule has 0 saturated heterocycles. The molecule has 3 unspecified atom stereocenters. The fourth-order valence-electron chi connectivity index (χ4n) is 4.72. The van der Waals surface area contributed by atoms with Crippen LogP contribution in [0, 0.1) is 12.8 Å². The van der Waals surface area contributed by atoms with Crippen molar-refractivity contribution < 1.29 is 24.2 Å². The molecule has 1 N–H and O–H groups in total. The summed E-state index contributed by atoms with van der Waals surface area (Å²) in [5.41, 5.74) is 0.632. The molecule has 34 heavy (non-hydrogen) atoms. The third kappa shape index (κ3) is 3.82. The summed E-state index contributed by atoms with van der Waals surface area (Å²) in [5.74, 6) is 1.30. The Morgan fingerprint density at radius 1 is 1.15 bits per heavy atom. The summed E-state index contributed by atoms with van der Waals surface area (Å²) >= 11 is 0. The molecule has 0 spiro atoms. The van der Waals surface area contributed by atoms with E-state index in [9.17, 15) is 14.7 Å². The summed E-state index contributed by atoms with van der Waals surface area (Å²) in [5, 5.41) is 10.1. The highest BCUT2D eigenvalue weighted by molar-refractivity contribution is 6.13. The van der Waals surface area contributed by atoms with E-state index in [1.54, 1.807) is 19.1 Å². The molecular weight excluding hydrogens is 430 g/mol. The van der Waals surface area contributed by atoms with Gasteiger partial charge in [-0.1, -0.05) is 30.3 Å². The van der Waals surface area contributed by atoms with Crippen LogP contribution in [0.2, 0.25) is 0 Å². The molecule has 2 aliphatic carbocycles. The van der Waals surface area contributed by atoms with Crippen molar-refractivity contribution in [2.45, 2.75) is 51.4 Å². The zero-order valence-corrected chi connectivity index (χ0v) is 19.7. The van der Waals surface area contributed by atoms with Crippen molar-refractivity contribution in [1.29, 1.82) is 0 Å². The minimum absolute atomic E-state index is 0.120. The van der Waals surface area contributed by atoms with E-state index in [1.807, 2.05) is 48.3 Å². The van der Waals surface area contributed by atoms with Crippen molar-refractivity contribution in [3.05, 3.63) is 83.1 Å². The summed E-state index contributed by atoms with van der Waals surface area (Å²) in [6.45, 7) is 6.29. The van der Waals surface area contributed by atoms with Crippen LogP contribution in [0.15, 0.2) is 66.5 Å². The van der Waals surface area contributed by atoms with Gasteiger partial charge in [-0.2, -0.15) is 0 Å². The minimum Gasteiger partial charge on any atom is -0.476 e. The Bertz CT molecular complexity index is 1230. The molecule has 1 amide bonds. The van der Waals surface area contributed by atoms with Crippen molar-refractivity contribution in [2.75, 3.05) is 6.54 Å². The van der Waals surface area contributed by atoms with Gasteiger partial charge in [0.1, 0.15) is 17.3 Å². The number of nitrogens with zero attached hydrogens (tertiary/aromatic N) is 1. The second kappa shape index (κ2) is 8.13. The molecule has 0 radical (unpaired) electrons. The molecule has 2 aromatic carbocycles. The zero-order valence-electron chi connectivity index (χ0n) is 19.7. The Balaban J connectivity index is 1.25. The highest BCUT2D eigenvalue weighted by Gasteiger charge is 2.74. The van der Waals surface area contributed by atoms with Gasteiger partial charge in [-0.15, -0.1) is 0 Å². The van der Waals surface area contributed by atoms with Crippen molar-refractivity contribution in [2.24, 2.45) is 5.92 Å². The van der Waals surface area contributed by atoms with Gasteiger partial charge >= 0.3 is 0 Å². The fraction of sp³-hybridized carbons (Fsp3) is 0.357. The summed E-state index contributed by atoms with van der Waals surface area (Å²) in [6, 6.07) is 13.6. The van der Waals surface area contributed by atoms with Crippen LogP contribution in [0.1, 0.15) is 37.0 Å². The summed E-state index contributed by atoms with van der Waals surface area (Å²) in [6.07, 6.45) is 7.29. The average molecular weight is 460 g/mol. The summed E-state index contributed by atoms with van der Waals surface area (Å²) in [7, 11) is 0. The number of Topliss-reactive ketones (excluding diaryl/α,β-unsaturated/α-hetero) is 1. The van der Waals surface area contributed by atoms with Crippen LogP contribution >= 0.6 is 0 Å². The molecule has 1 aliphatic heterocycles. The Morgan fingerprint density at radius 3 is 2.59 bits per heavy atom. The number of ketones is 1. The summed E-state index contributed by atoms with van der Waals surface area (Å²) in [4.78, 5) is 27.1. The normalized spacial score (nSPS) is 27.6. The quantitative estimate of drug-likeness (QED) is 0.734. The number of ether oxygens (including phenoxy) is 2. The first-order valence-corrected chi connectivity index (χ1v) is 11.7. The number of allylic oxidation sites excluding steroid dienone is 2. The van der Waals surface area contributed by atoms with Crippen LogP contribution in [0.5, 0.6) is 11.5 Å². The van der Waals surface area contributed by atoms with Gasteiger partial charge in [0.05, 0.1) is 5.92 Å². The van der Waals surface area contributed by atoms with E-state index in [-0.39, 0.29) is 17.6 Å². The Morgan fingerprint density at radius 2 is 1.88 bits per heavy atom. The van der Waals surface area contributed by atoms with E-state index in [0.29, 0.717) is 30.2 Å². The molecular formula is C28H29NO5. The maximum absolute atomic E-state index is 13.2.